The van der Waals surface area contributed by atoms with Crippen molar-refractivity contribution < 1.29 is 23.9 Å². The number of carbonyl (C=O) groups excluding carboxylic acids is 3. The molecule has 2 rings (SSSR count). The minimum atomic E-state index is -0.649. The van der Waals surface area contributed by atoms with Gasteiger partial charge in [0.1, 0.15) is 5.75 Å². The van der Waals surface area contributed by atoms with E-state index in [0.29, 0.717) is 10.8 Å². The maximum atomic E-state index is 11.9. The Labute approximate surface area is 155 Å². The van der Waals surface area contributed by atoms with E-state index < -0.39 is 24.4 Å². The van der Waals surface area contributed by atoms with Gasteiger partial charge in [-0.3, -0.25) is 9.59 Å². The van der Waals surface area contributed by atoms with E-state index in [0.717, 1.165) is 5.56 Å². The first-order valence-electron chi connectivity index (χ1n) is 7.63. The first-order valence-corrected chi connectivity index (χ1v) is 8.01. The Kier molecular flexibility index (Phi) is 6.99. The van der Waals surface area contributed by atoms with E-state index in [4.69, 9.17) is 26.8 Å². The third kappa shape index (κ3) is 6.45. The monoisotopic (exact) mass is 376 g/mol. The zero-order chi connectivity index (χ0) is 18.9. The normalized spacial score (nSPS) is 10.0. The number of hydrogen-bond acceptors (Lipinski definition) is 5. The molecule has 0 aliphatic rings. The second-order valence-corrected chi connectivity index (χ2v) is 5.70. The average molecular weight is 377 g/mol. The molecule has 0 unspecified atom stereocenters. The van der Waals surface area contributed by atoms with Gasteiger partial charge >= 0.3 is 5.97 Å². The summed E-state index contributed by atoms with van der Waals surface area (Å²) in [7, 11) is 0. The van der Waals surface area contributed by atoms with E-state index in [9.17, 15) is 14.4 Å². The van der Waals surface area contributed by atoms with Crippen molar-refractivity contribution in [1.29, 1.82) is 0 Å². The molecule has 0 saturated carbocycles. The van der Waals surface area contributed by atoms with Crippen LogP contribution < -0.4 is 15.8 Å². The van der Waals surface area contributed by atoms with Crippen molar-refractivity contribution in [3.05, 3.63) is 64.7 Å². The molecule has 0 spiro atoms. The molecule has 26 heavy (non-hydrogen) atoms. The van der Waals surface area contributed by atoms with Crippen molar-refractivity contribution in [3.63, 3.8) is 0 Å². The fourth-order valence-corrected chi connectivity index (χ4v) is 2.17. The highest BCUT2D eigenvalue weighted by Gasteiger charge is 2.10. The summed E-state index contributed by atoms with van der Waals surface area (Å²) >= 11 is 5.86. The molecule has 136 valence electrons. The van der Waals surface area contributed by atoms with Gasteiger partial charge < -0.3 is 20.5 Å². The number of carbonyl (C=O) groups is 3. The smallest absolute Gasteiger partial charge is 0.338 e. The van der Waals surface area contributed by atoms with Gasteiger partial charge in [0.25, 0.3) is 11.8 Å². The van der Waals surface area contributed by atoms with E-state index in [2.05, 4.69) is 5.32 Å². The van der Waals surface area contributed by atoms with E-state index in [1.807, 2.05) is 6.07 Å². The maximum absolute atomic E-state index is 11.9. The summed E-state index contributed by atoms with van der Waals surface area (Å²) in [5, 5.41) is 3.21. The summed E-state index contributed by atoms with van der Waals surface area (Å²) < 4.78 is 10.0. The Morgan fingerprint density at radius 1 is 1.04 bits per heavy atom. The zero-order valence-electron chi connectivity index (χ0n) is 13.7. The summed E-state index contributed by atoms with van der Waals surface area (Å²) in [5.41, 5.74) is 6.06. The number of rotatable bonds is 8. The van der Waals surface area contributed by atoms with Gasteiger partial charge in [0, 0.05) is 11.6 Å². The van der Waals surface area contributed by atoms with Gasteiger partial charge in [-0.25, -0.2) is 4.79 Å². The van der Waals surface area contributed by atoms with Crippen LogP contribution in [0.3, 0.4) is 0 Å². The van der Waals surface area contributed by atoms with E-state index in [1.54, 1.807) is 18.2 Å². The minimum Gasteiger partial charge on any atom is -0.484 e. The van der Waals surface area contributed by atoms with E-state index in [1.165, 1.54) is 24.3 Å². The van der Waals surface area contributed by atoms with Crippen LogP contribution in [0.15, 0.2) is 48.5 Å². The van der Waals surface area contributed by atoms with Crippen molar-refractivity contribution in [1.82, 2.24) is 5.32 Å². The van der Waals surface area contributed by atoms with Gasteiger partial charge in [-0.2, -0.15) is 0 Å². The molecule has 2 aromatic carbocycles. The van der Waals surface area contributed by atoms with Crippen molar-refractivity contribution >= 4 is 29.4 Å². The molecule has 0 aliphatic heterocycles. The Morgan fingerprint density at radius 2 is 1.77 bits per heavy atom. The van der Waals surface area contributed by atoms with E-state index >= 15 is 0 Å². The SMILES string of the molecule is NC(=O)COc1ccc(C(=O)OCC(=O)NCc2cccc(Cl)c2)cc1. The lowest BCUT2D eigenvalue weighted by molar-refractivity contribution is -0.124. The van der Waals surface area contributed by atoms with Crippen LogP contribution >= 0.6 is 11.6 Å². The van der Waals surface area contributed by atoms with Crippen molar-refractivity contribution in [2.45, 2.75) is 6.54 Å². The summed E-state index contributed by atoms with van der Waals surface area (Å²) in [5.74, 6) is -1.29. The molecule has 0 saturated heterocycles. The second kappa shape index (κ2) is 9.43. The van der Waals surface area contributed by atoms with Crippen LogP contribution in [0.2, 0.25) is 5.02 Å². The summed E-state index contributed by atoms with van der Waals surface area (Å²) in [6, 6.07) is 13.0. The van der Waals surface area contributed by atoms with Gasteiger partial charge in [0.2, 0.25) is 0 Å². The Balaban J connectivity index is 1.76. The van der Waals surface area contributed by atoms with Crippen LogP contribution in [0.4, 0.5) is 0 Å². The quantitative estimate of drug-likeness (QED) is 0.681. The van der Waals surface area contributed by atoms with Crippen LogP contribution in [-0.2, 0) is 20.9 Å². The van der Waals surface area contributed by atoms with Crippen LogP contribution in [-0.4, -0.2) is 31.0 Å². The van der Waals surface area contributed by atoms with Crippen molar-refractivity contribution in [3.8, 4) is 5.75 Å². The lowest BCUT2D eigenvalue weighted by Crippen LogP contribution is -2.28. The number of amides is 2. The van der Waals surface area contributed by atoms with Crippen molar-refractivity contribution in [2.75, 3.05) is 13.2 Å². The number of nitrogens with one attached hydrogen (secondary N) is 1. The highest BCUT2D eigenvalue weighted by Crippen LogP contribution is 2.13. The summed E-state index contributed by atoms with van der Waals surface area (Å²) in [6.07, 6.45) is 0. The molecule has 2 amide bonds. The third-order valence-electron chi connectivity index (χ3n) is 3.18. The van der Waals surface area contributed by atoms with Gasteiger partial charge in [0.15, 0.2) is 13.2 Å². The first kappa shape index (κ1) is 19.3. The highest BCUT2D eigenvalue weighted by molar-refractivity contribution is 6.30. The molecule has 0 atom stereocenters. The Bertz CT molecular complexity index is 792. The van der Waals surface area contributed by atoms with Crippen LogP contribution in [0.1, 0.15) is 15.9 Å². The van der Waals surface area contributed by atoms with E-state index in [-0.39, 0.29) is 18.7 Å². The lowest BCUT2D eigenvalue weighted by Gasteiger charge is -2.08. The molecule has 7 nitrogen and oxygen atoms in total. The van der Waals surface area contributed by atoms with Gasteiger partial charge in [-0.1, -0.05) is 23.7 Å². The topological polar surface area (TPSA) is 108 Å². The van der Waals surface area contributed by atoms with Gasteiger partial charge in [0.05, 0.1) is 5.56 Å². The third-order valence-corrected chi connectivity index (χ3v) is 3.42. The minimum absolute atomic E-state index is 0.249. The molecule has 2 aromatic rings. The van der Waals surface area contributed by atoms with Crippen molar-refractivity contribution in [2.24, 2.45) is 5.73 Å². The zero-order valence-corrected chi connectivity index (χ0v) is 14.5. The standard InChI is InChI=1S/C18H17ClN2O5/c19-14-3-1-2-12(8-14)9-21-17(23)11-26-18(24)13-4-6-15(7-5-13)25-10-16(20)22/h1-8H,9-11H2,(H2,20,22)(H,21,23). The number of primary amides is 1. The first-order chi connectivity index (χ1) is 12.4. The molecular weight excluding hydrogens is 360 g/mol. The largest absolute Gasteiger partial charge is 0.484 e. The fraction of sp³-hybridized carbons (Fsp3) is 0.167. The molecule has 0 fully saturated rings. The molecule has 0 aromatic heterocycles. The second-order valence-electron chi connectivity index (χ2n) is 5.26. The number of hydrogen-bond donors (Lipinski definition) is 2. The Morgan fingerprint density at radius 3 is 2.42 bits per heavy atom. The van der Waals surface area contributed by atoms with Gasteiger partial charge in [-0.15, -0.1) is 0 Å². The molecule has 0 bridgehead atoms. The molecular formula is C18H17ClN2O5. The summed E-state index contributed by atoms with van der Waals surface area (Å²) in [4.78, 5) is 34.3. The van der Waals surface area contributed by atoms with Gasteiger partial charge in [-0.05, 0) is 42.0 Å². The van der Waals surface area contributed by atoms with Crippen LogP contribution in [0, 0.1) is 0 Å². The maximum Gasteiger partial charge on any atom is 0.338 e. The highest BCUT2D eigenvalue weighted by atomic mass is 35.5. The molecule has 0 aliphatic carbocycles. The molecule has 0 radical (unpaired) electrons. The predicted octanol–water partition coefficient (Wildman–Crippen LogP) is 1.68. The number of ether oxygens (including phenoxy) is 2. The molecule has 3 N–H and O–H groups in total. The Hall–Kier alpha value is -3.06. The predicted molar refractivity (Wildman–Crippen MR) is 94.7 cm³/mol. The fourth-order valence-electron chi connectivity index (χ4n) is 1.95. The molecule has 0 heterocycles. The average Bonchev–Trinajstić information content (AvgIpc) is 2.63. The number of nitrogens with two attached hydrogens (primary N) is 1. The van der Waals surface area contributed by atoms with Crippen LogP contribution in [0.5, 0.6) is 5.75 Å². The summed E-state index contributed by atoms with van der Waals surface area (Å²) in [6.45, 7) is -0.376. The number of halogens is 1. The lowest BCUT2D eigenvalue weighted by atomic mass is 10.2. The molecule has 8 heteroatoms. The number of esters is 1. The number of benzene rings is 2. The van der Waals surface area contributed by atoms with Crippen LogP contribution in [0.25, 0.3) is 0 Å².